The van der Waals surface area contributed by atoms with E-state index in [4.69, 9.17) is 0 Å². The van der Waals surface area contributed by atoms with Crippen LogP contribution in [0.3, 0.4) is 0 Å². The van der Waals surface area contributed by atoms with Crippen molar-refractivity contribution in [3.8, 4) is 0 Å². The number of likely N-dealkylation sites (tertiary alicyclic amines) is 1. The Labute approximate surface area is 165 Å². The summed E-state index contributed by atoms with van der Waals surface area (Å²) in [6.07, 6.45) is 7.07. The van der Waals surface area contributed by atoms with E-state index < -0.39 is 0 Å². The molecule has 2 aliphatic heterocycles. The fourth-order valence-electron chi connectivity index (χ4n) is 4.15. The minimum absolute atomic E-state index is 0.0169. The van der Waals surface area contributed by atoms with Crippen LogP contribution in [0.2, 0.25) is 0 Å². The first-order chi connectivity index (χ1) is 13.7. The molecule has 4 rings (SSSR count). The number of aryl methyl sites for hydroxylation is 1. The summed E-state index contributed by atoms with van der Waals surface area (Å²) in [7, 11) is 0. The number of nitrogens with one attached hydrogen (secondary N) is 1. The number of fused-ring (bicyclic) bond motifs is 1. The third-order valence-corrected chi connectivity index (χ3v) is 5.79. The average Bonchev–Trinajstić information content (AvgIpc) is 3.14. The number of piperidine rings is 1. The molecule has 1 saturated heterocycles. The predicted octanol–water partition coefficient (Wildman–Crippen LogP) is 3.66. The minimum atomic E-state index is -0.245. The van der Waals surface area contributed by atoms with Gasteiger partial charge in [0.2, 0.25) is 0 Å². The summed E-state index contributed by atoms with van der Waals surface area (Å²) in [4.78, 5) is 32.4. The standard InChI is InChI=1S/C22H28N4O2/c1-2-16-9-11-17(12-10-16)23-21(27)20-24-19(18-8-4-7-15-26(18)20)22(28)25-13-5-3-6-14-25/h9-12H,2-8,13-15H2,1H3,(H,23,27). The molecule has 0 spiro atoms. The normalized spacial score (nSPS) is 16.5. The third kappa shape index (κ3) is 3.68. The maximum Gasteiger partial charge on any atom is 0.291 e. The van der Waals surface area contributed by atoms with Crippen LogP contribution in [0.1, 0.15) is 71.4 Å². The molecule has 1 aromatic heterocycles. The van der Waals surface area contributed by atoms with Gasteiger partial charge in [0.05, 0.1) is 5.69 Å². The van der Waals surface area contributed by atoms with Crippen molar-refractivity contribution in [3.05, 3.63) is 47.0 Å². The van der Waals surface area contributed by atoms with E-state index in [1.165, 1.54) is 12.0 Å². The van der Waals surface area contributed by atoms with E-state index in [1.54, 1.807) is 0 Å². The molecule has 2 aromatic rings. The number of nitrogens with zero attached hydrogens (tertiary/aromatic N) is 3. The number of benzene rings is 1. The Hall–Kier alpha value is -2.63. The molecule has 0 atom stereocenters. The molecule has 0 radical (unpaired) electrons. The van der Waals surface area contributed by atoms with E-state index in [2.05, 4.69) is 17.2 Å². The zero-order chi connectivity index (χ0) is 19.5. The first kappa shape index (κ1) is 18.7. The van der Waals surface area contributed by atoms with E-state index in [-0.39, 0.29) is 11.8 Å². The van der Waals surface area contributed by atoms with Gasteiger partial charge < -0.3 is 14.8 Å². The Balaban J connectivity index is 1.60. The zero-order valence-corrected chi connectivity index (χ0v) is 16.5. The first-order valence-electron chi connectivity index (χ1n) is 10.5. The fourth-order valence-corrected chi connectivity index (χ4v) is 4.15. The Bertz CT molecular complexity index is 863. The van der Waals surface area contributed by atoms with Crippen molar-refractivity contribution in [1.29, 1.82) is 0 Å². The number of hydrogen-bond donors (Lipinski definition) is 1. The van der Waals surface area contributed by atoms with Gasteiger partial charge in [-0.2, -0.15) is 0 Å². The second-order valence-corrected chi connectivity index (χ2v) is 7.70. The maximum absolute atomic E-state index is 13.1. The SMILES string of the molecule is CCc1ccc(NC(=O)c2nc(C(=O)N3CCCCC3)c3n2CCCC3)cc1. The average molecular weight is 380 g/mol. The van der Waals surface area contributed by atoms with Crippen molar-refractivity contribution in [2.75, 3.05) is 18.4 Å². The van der Waals surface area contributed by atoms with E-state index in [9.17, 15) is 9.59 Å². The second-order valence-electron chi connectivity index (χ2n) is 7.70. The number of carbonyl (C=O) groups is 2. The highest BCUT2D eigenvalue weighted by Gasteiger charge is 2.30. The number of rotatable bonds is 4. The molecule has 1 aromatic carbocycles. The monoisotopic (exact) mass is 380 g/mol. The Morgan fingerprint density at radius 2 is 1.71 bits per heavy atom. The van der Waals surface area contributed by atoms with Gasteiger partial charge >= 0.3 is 0 Å². The van der Waals surface area contributed by atoms with Gasteiger partial charge in [-0.15, -0.1) is 0 Å². The highest BCUT2D eigenvalue weighted by atomic mass is 16.2. The van der Waals surface area contributed by atoms with Crippen LogP contribution in [0, 0.1) is 0 Å². The van der Waals surface area contributed by atoms with Crippen LogP contribution in [0.15, 0.2) is 24.3 Å². The molecule has 148 valence electrons. The summed E-state index contributed by atoms with van der Waals surface area (Å²) in [5, 5.41) is 2.94. The van der Waals surface area contributed by atoms with Crippen molar-refractivity contribution in [1.82, 2.24) is 14.5 Å². The van der Waals surface area contributed by atoms with Gasteiger partial charge in [-0.1, -0.05) is 19.1 Å². The lowest BCUT2D eigenvalue weighted by molar-refractivity contribution is 0.0717. The molecular formula is C22H28N4O2. The van der Waals surface area contributed by atoms with E-state index in [1.807, 2.05) is 33.7 Å². The highest BCUT2D eigenvalue weighted by Crippen LogP contribution is 2.24. The van der Waals surface area contributed by atoms with Crippen LogP contribution in [-0.4, -0.2) is 39.4 Å². The molecule has 0 saturated carbocycles. The van der Waals surface area contributed by atoms with Crippen LogP contribution in [-0.2, 0) is 19.4 Å². The van der Waals surface area contributed by atoms with Gasteiger partial charge in [0.25, 0.3) is 11.8 Å². The zero-order valence-electron chi connectivity index (χ0n) is 16.5. The number of imidazole rings is 1. The summed E-state index contributed by atoms with van der Waals surface area (Å²) in [6, 6.07) is 7.86. The molecule has 3 heterocycles. The second kappa shape index (κ2) is 8.17. The van der Waals surface area contributed by atoms with Crippen molar-refractivity contribution < 1.29 is 9.59 Å². The first-order valence-corrected chi connectivity index (χ1v) is 10.5. The summed E-state index contributed by atoms with van der Waals surface area (Å²) in [5.74, 6) is 0.0939. The number of anilines is 1. The summed E-state index contributed by atoms with van der Waals surface area (Å²) < 4.78 is 1.95. The molecule has 0 unspecified atom stereocenters. The van der Waals surface area contributed by atoms with Gasteiger partial charge in [0.15, 0.2) is 5.82 Å². The van der Waals surface area contributed by atoms with Crippen molar-refractivity contribution in [3.63, 3.8) is 0 Å². The number of amides is 2. The van der Waals surface area contributed by atoms with Crippen molar-refractivity contribution >= 4 is 17.5 Å². The lowest BCUT2D eigenvalue weighted by atomic mass is 10.1. The van der Waals surface area contributed by atoms with Crippen LogP contribution in [0.4, 0.5) is 5.69 Å². The van der Waals surface area contributed by atoms with Gasteiger partial charge in [0.1, 0.15) is 5.69 Å². The molecule has 1 N–H and O–H groups in total. The third-order valence-electron chi connectivity index (χ3n) is 5.79. The Morgan fingerprint density at radius 1 is 1.00 bits per heavy atom. The molecule has 6 nitrogen and oxygen atoms in total. The molecular weight excluding hydrogens is 352 g/mol. The van der Waals surface area contributed by atoms with Crippen LogP contribution in [0.25, 0.3) is 0 Å². The quantitative estimate of drug-likeness (QED) is 0.880. The summed E-state index contributed by atoms with van der Waals surface area (Å²) in [5.41, 5.74) is 3.38. The maximum atomic E-state index is 13.1. The largest absolute Gasteiger partial charge is 0.337 e. The highest BCUT2D eigenvalue weighted by molar-refractivity contribution is 6.03. The lowest BCUT2D eigenvalue weighted by Crippen LogP contribution is -2.36. The van der Waals surface area contributed by atoms with Gasteiger partial charge in [-0.05, 0) is 62.6 Å². The van der Waals surface area contributed by atoms with Crippen LogP contribution in [0.5, 0.6) is 0 Å². The smallest absolute Gasteiger partial charge is 0.291 e. The molecule has 2 amide bonds. The van der Waals surface area contributed by atoms with Crippen molar-refractivity contribution in [2.45, 2.75) is 58.4 Å². The minimum Gasteiger partial charge on any atom is -0.337 e. The molecule has 28 heavy (non-hydrogen) atoms. The van der Waals surface area contributed by atoms with Gasteiger partial charge in [-0.3, -0.25) is 9.59 Å². The number of aromatic nitrogens is 2. The van der Waals surface area contributed by atoms with E-state index >= 15 is 0 Å². The van der Waals surface area contributed by atoms with E-state index in [0.29, 0.717) is 11.5 Å². The molecule has 2 aliphatic rings. The molecule has 6 heteroatoms. The summed E-state index contributed by atoms with van der Waals surface area (Å²) >= 11 is 0. The summed E-state index contributed by atoms with van der Waals surface area (Å²) in [6.45, 7) is 4.42. The predicted molar refractivity (Wildman–Crippen MR) is 109 cm³/mol. The van der Waals surface area contributed by atoms with Gasteiger partial charge in [-0.25, -0.2) is 4.98 Å². The van der Waals surface area contributed by atoms with Crippen molar-refractivity contribution in [2.24, 2.45) is 0 Å². The molecule has 0 aliphatic carbocycles. The topological polar surface area (TPSA) is 67.2 Å². The Morgan fingerprint density at radius 3 is 2.43 bits per heavy atom. The lowest BCUT2D eigenvalue weighted by Gasteiger charge is -2.26. The van der Waals surface area contributed by atoms with E-state index in [0.717, 1.165) is 69.5 Å². The Kier molecular flexibility index (Phi) is 5.46. The fraction of sp³-hybridized carbons (Fsp3) is 0.500. The van der Waals surface area contributed by atoms with Crippen LogP contribution >= 0.6 is 0 Å². The molecule has 0 bridgehead atoms. The van der Waals surface area contributed by atoms with Gasteiger partial charge in [0, 0.05) is 25.3 Å². The van der Waals surface area contributed by atoms with Crippen LogP contribution < -0.4 is 5.32 Å². The number of carbonyl (C=O) groups excluding carboxylic acids is 2. The molecule has 1 fully saturated rings. The number of hydrogen-bond acceptors (Lipinski definition) is 3.